The highest BCUT2D eigenvalue weighted by Gasteiger charge is 2.45. The third-order valence-corrected chi connectivity index (χ3v) is 12.8. The average Bonchev–Trinajstić information content (AvgIpc) is 3.30. The van der Waals surface area contributed by atoms with E-state index in [4.69, 9.17) is 20.9 Å². The van der Waals surface area contributed by atoms with Gasteiger partial charge in [0.05, 0.1) is 12.7 Å². The van der Waals surface area contributed by atoms with Gasteiger partial charge in [-0.3, -0.25) is 28.8 Å². The maximum absolute atomic E-state index is 14.2. The fourth-order valence-electron chi connectivity index (χ4n) is 8.00. The lowest BCUT2D eigenvalue weighted by Crippen LogP contribution is -2.62. The first-order valence-corrected chi connectivity index (χ1v) is 23.1. The lowest BCUT2D eigenvalue weighted by molar-refractivity contribution is -0.310. The van der Waals surface area contributed by atoms with Crippen LogP contribution in [0.1, 0.15) is 104 Å². The molecule has 1 aromatic carbocycles. The molecule has 1 heterocycles. The van der Waals surface area contributed by atoms with Crippen LogP contribution in [0.15, 0.2) is 24.3 Å². The van der Waals surface area contributed by atoms with Crippen LogP contribution in [-0.2, 0) is 49.5 Å². The molecule has 2 fully saturated rings. The molecule has 6 amide bonds. The molecule has 22 nitrogen and oxygen atoms in total. The van der Waals surface area contributed by atoms with Gasteiger partial charge in [-0.25, -0.2) is 4.79 Å². The molecule has 3 rings (SSSR count). The molecule has 15 N–H and O–H groups in total. The Morgan fingerprint density at radius 3 is 1.79 bits per heavy atom. The molecule has 0 aromatic heterocycles. The second-order valence-electron chi connectivity index (χ2n) is 17.9. The van der Waals surface area contributed by atoms with Gasteiger partial charge in [0.25, 0.3) is 0 Å². The number of phenols is 1. The Morgan fingerprint density at radius 1 is 0.731 bits per heavy atom. The van der Waals surface area contributed by atoms with Crippen LogP contribution in [0.2, 0.25) is 0 Å². The predicted molar refractivity (Wildman–Crippen MR) is 240 cm³/mol. The second kappa shape index (κ2) is 27.1. The summed E-state index contributed by atoms with van der Waals surface area (Å²) in [6.07, 6.45) is -4.76. The molecular formula is C45H73N7O15. The lowest BCUT2D eigenvalue weighted by Gasteiger charge is -2.41. The topological polar surface area (TPSA) is 372 Å². The average molecular weight is 952 g/mol. The van der Waals surface area contributed by atoms with Crippen molar-refractivity contribution >= 4 is 41.4 Å². The molecule has 0 spiro atoms. The Morgan fingerprint density at radius 2 is 1.25 bits per heavy atom. The number of benzene rings is 1. The van der Waals surface area contributed by atoms with Crippen molar-refractivity contribution in [3.8, 4) is 5.75 Å². The van der Waals surface area contributed by atoms with E-state index >= 15 is 0 Å². The Bertz CT molecular complexity index is 1800. The summed E-state index contributed by atoms with van der Waals surface area (Å²) in [5.41, 5.74) is 12.2. The van der Waals surface area contributed by atoms with E-state index in [2.05, 4.69) is 26.6 Å². The number of carbonyl (C=O) groups excluding carboxylic acids is 6. The SMILES string of the molecule is CC[C@H](C)[C@H](NC(=O)[C@@H](N)[C@@H](C)O[C@@H]1O[C@H](CO)[C@H](O)[C@H](O)[C@H]1O)C(=O)N[C@H](C(=O)N[C@@H](CCC(N)=O)C(=O)N[C@@H](CC1CCCCC1)C(=O)N[C@@H](Cc1ccc(O)cc1)C(=O)O)[C@@H](C)CC. The molecule has 2 aliphatic rings. The molecule has 1 aromatic rings. The van der Waals surface area contributed by atoms with Crippen molar-refractivity contribution in [3.05, 3.63) is 29.8 Å². The molecule has 0 bridgehead atoms. The van der Waals surface area contributed by atoms with Gasteiger partial charge in [0.15, 0.2) is 6.29 Å². The van der Waals surface area contributed by atoms with Crippen LogP contribution in [0.5, 0.6) is 5.75 Å². The van der Waals surface area contributed by atoms with Gasteiger partial charge in [-0.05, 0) is 55.2 Å². The van der Waals surface area contributed by atoms with Crippen LogP contribution in [0.3, 0.4) is 0 Å². The van der Waals surface area contributed by atoms with Gasteiger partial charge in [-0.2, -0.15) is 0 Å². The first kappa shape index (κ1) is 56.4. The minimum absolute atomic E-state index is 0.0144. The summed E-state index contributed by atoms with van der Waals surface area (Å²) >= 11 is 0. The normalized spacial score (nSPS) is 23.9. The van der Waals surface area contributed by atoms with Gasteiger partial charge < -0.3 is 78.2 Å². The minimum atomic E-state index is -1.76. The fraction of sp³-hybridized carbons (Fsp3) is 0.711. The zero-order valence-corrected chi connectivity index (χ0v) is 39.0. The molecule has 1 aliphatic heterocycles. The van der Waals surface area contributed by atoms with Crippen LogP contribution in [0.4, 0.5) is 0 Å². The third kappa shape index (κ3) is 16.9. The Labute approximate surface area is 390 Å². The molecule has 0 radical (unpaired) electrons. The molecule has 1 saturated carbocycles. The molecule has 1 saturated heterocycles. The Balaban J connectivity index is 1.81. The number of carboxylic acids is 1. The lowest BCUT2D eigenvalue weighted by atomic mass is 9.84. The standard InChI is InChI=1S/C45H73N7O15/c1-6-22(3)34(52-43(63)35(23(4)7-2)51-41(61)33(47)24(5)66-45-38(58)37(57)36(56)31(21-53)67-45)42(62)48-28(17-18-32(46)55)39(59)49-29(19-25-11-9-8-10-12-25)40(60)50-30(44(64)65)20-26-13-15-27(54)16-14-26/h13-16,22-25,28-31,33-38,45,53-54,56-58H,6-12,17-21,47H2,1-5H3,(H2,46,55)(H,48,62)(H,49,59)(H,50,60)(H,51,61)(H,52,63)(H,64,65)/t22-,23-,24+,28-,29-,30-,31+,33-,34-,35-,36-,37-,38+,45+/m0/s1. The zero-order chi connectivity index (χ0) is 50.1. The third-order valence-electron chi connectivity index (χ3n) is 12.8. The van der Waals surface area contributed by atoms with E-state index < -0.39 is 133 Å². The number of aliphatic hydroxyl groups excluding tert-OH is 4. The van der Waals surface area contributed by atoms with E-state index in [1.54, 1.807) is 27.7 Å². The number of carboxylic acid groups (broad SMARTS) is 1. The number of aliphatic hydroxyl groups is 4. The van der Waals surface area contributed by atoms with Crippen LogP contribution in [-0.4, -0.2) is 152 Å². The summed E-state index contributed by atoms with van der Waals surface area (Å²) in [7, 11) is 0. The number of phenolic OH excluding ortho intramolecular Hbond substituents is 1. The van der Waals surface area contributed by atoms with Crippen molar-refractivity contribution < 1.29 is 73.7 Å². The summed E-state index contributed by atoms with van der Waals surface area (Å²) in [5.74, 6) is -7.32. The summed E-state index contributed by atoms with van der Waals surface area (Å²) < 4.78 is 11.0. The van der Waals surface area contributed by atoms with Gasteiger partial charge in [0, 0.05) is 12.8 Å². The van der Waals surface area contributed by atoms with E-state index in [0.29, 0.717) is 18.4 Å². The number of aromatic hydroxyl groups is 1. The quantitative estimate of drug-likeness (QED) is 0.0492. The highest BCUT2D eigenvalue weighted by molar-refractivity contribution is 5.96. The monoisotopic (exact) mass is 952 g/mol. The smallest absolute Gasteiger partial charge is 0.326 e. The van der Waals surface area contributed by atoms with E-state index in [1.165, 1.54) is 31.2 Å². The van der Waals surface area contributed by atoms with Crippen molar-refractivity contribution in [2.24, 2.45) is 29.2 Å². The molecule has 378 valence electrons. The first-order valence-electron chi connectivity index (χ1n) is 23.1. The number of nitrogens with two attached hydrogens (primary N) is 2. The predicted octanol–water partition coefficient (Wildman–Crippen LogP) is -1.70. The van der Waals surface area contributed by atoms with Crippen LogP contribution in [0.25, 0.3) is 0 Å². The van der Waals surface area contributed by atoms with E-state index in [0.717, 1.165) is 32.1 Å². The van der Waals surface area contributed by atoms with Crippen LogP contribution < -0.4 is 38.1 Å². The molecule has 67 heavy (non-hydrogen) atoms. The largest absolute Gasteiger partial charge is 0.508 e. The Kier molecular flexibility index (Phi) is 22.8. The number of rotatable bonds is 26. The maximum Gasteiger partial charge on any atom is 0.326 e. The maximum atomic E-state index is 14.2. The molecule has 14 atom stereocenters. The van der Waals surface area contributed by atoms with Crippen molar-refractivity contribution in [2.45, 2.75) is 178 Å². The second-order valence-corrected chi connectivity index (χ2v) is 17.9. The molecule has 0 unspecified atom stereocenters. The number of hydrogen-bond acceptors (Lipinski definition) is 15. The van der Waals surface area contributed by atoms with E-state index in [1.807, 2.05) is 0 Å². The van der Waals surface area contributed by atoms with E-state index in [9.17, 15) is 64.2 Å². The summed E-state index contributed by atoms with van der Waals surface area (Å²) in [6.45, 7) is 7.54. The van der Waals surface area contributed by atoms with Crippen molar-refractivity contribution in [1.29, 1.82) is 0 Å². The van der Waals surface area contributed by atoms with Gasteiger partial charge in [0.2, 0.25) is 35.4 Å². The van der Waals surface area contributed by atoms with Gasteiger partial charge in [0.1, 0.15) is 66.4 Å². The molecule has 22 heteroatoms. The van der Waals surface area contributed by atoms with E-state index in [-0.39, 0.29) is 37.4 Å². The van der Waals surface area contributed by atoms with Gasteiger partial charge >= 0.3 is 5.97 Å². The highest BCUT2D eigenvalue weighted by Crippen LogP contribution is 2.28. The van der Waals surface area contributed by atoms with Gasteiger partial charge in [-0.1, -0.05) is 84.8 Å². The van der Waals surface area contributed by atoms with Crippen molar-refractivity contribution in [1.82, 2.24) is 26.6 Å². The van der Waals surface area contributed by atoms with Crippen LogP contribution >= 0.6 is 0 Å². The summed E-state index contributed by atoms with van der Waals surface area (Å²) in [5, 5.41) is 73.1. The van der Waals surface area contributed by atoms with Crippen LogP contribution in [0, 0.1) is 17.8 Å². The number of nitrogens with one attached hydrogen (secondary N) is 5. The Hall–Kier alpha value is -4.97. The first-order chi connectivity index (χ1) is 31.6. The number of amides is 6. The number of primary amides is 1. The number of aliphatic carboxylic acids is 1. The minimum Gasteiger partial charge on any atom is -0.508 e. The number of hydrogen-bond donors (Lipinski definition) is 13. The summed E-state index contributed by atoms with van der Waals surface area (Å²) in [4.78, 5) is 94.2. The molecule has 1 aliphatic carbocycles. The van der Waals surface area contributed by atoms with Crippen molar-refractivity contribution in [2.75, 3.05) is 6.61 Å². The molecular weight excluding hydrogens is 879 g/mol. The highest BCUT2D eigenvalue weighted by atomic mass is 16.7. The number of ether oxygens (including phenoxy) is 2. The number of carbonyl (C=O) groups is 7. The van der Waals surface area contributed by atoms with Crippen molar-refractivity contribution in [3.63, 3.8) is 0 Å². The summed E-state index contributed by atoms with van der Waals surface area (Å²) in [6, 6.07) is -2.34. The fourth-order valence-corrected chi connectivity index (χ4v) is 8.00. The van der Waals surface area contributed by atoms with Gasteiger partial charge in [-0.15, -0.1) is 0 Å². The zero-order valence-electron chi connectivity index (χ0n) is 39.0.